The van der Waals surface area contributed by atoms with Gasteiger partial charge in [0.25, 0.3) is 0 Å². The van der Waals surface area contributed by atoms with Gasteiger partial charge in [0.2, 0.25) is 5.91 Å². The van der Waals surface area contributed by atoms with Crippen LogP contribution in [0.4, 0.5) is 0 Å². The lowest BCUT2D eigenvalue weighted by Gasteiger charge is -2.26. The number of hydrogen-bond donors (Lipinski definition) is 0. The summed E-state index contributed by atoms with van der Waals surface area (Å²) in [5.74, 6) is 1.86. The predicted octanol–water partition coefficient (Wildman–Crippen LogP) is 4.14. The van der Waals surface area contributed by atoms with E-state index in [0.717, 1.165) is 49.3 Å². The molecule has 0 unspecified atom stereocenters. The maximum atomic E-state index is 12.8. The molecule has 2 aliphatic rings. The summed E-state index contributed by atoms with van der Waals surface area (Å²) in [6.45, 7) is 2.22. The number of hydrogen-bond acceptors (Lipinski definition) is 3. The minimum atomic E-state index is 0.149. The summed E-state index contributed by atoms with van der Waals surface area (Å²) in [6, 6.07) is 16.5. The third-order valence-corrected chi connectivity index (χ3v) is 5.20. The molecule has 4 heteroatoms. The van der Waals surface area contributed by atoms with Crippen molar-refractivity contribution in [2.75, 3.05) is 19.8 Å². The zero-order valence-electron chi connectivity index (χ0n) is 15.0. The van der Waals surface area contributed by atoms with Gasteiger partial charge in [0.05, 0.1) is 19.3 Å². The van der Waals surface area contributed by atoms with Crippen LogP contribution in [0.1, 0.15) is 42.9 Å². The van der Waals surface area contributed by atoms with Crippen molar-refractivity contribution in [2.24, 2.45) is 0 Å². The molecule has 4 nitrogen and oxygen atoms in total. The maximum absolute atomic E-state index is 12.8. The molecule has 2 aromatic rings. The first-order valence-corrected chi connectivity index (χ1v) is 9.54. The van der Waals surface area contributed by atoms with Crippen molar-refractivity contribution >= 4 is 5.91 Å². The van der Waals surface area contributed by atoms with E-state index in [0.29, 0.717) is 19.6 Å². The Balaban J connectivity index is 1.46. The minimum absolute atomic E-state index is 0.149. The Bertz CT molecular complexity index is 759. The van der Waals surface area contributed by atoms with Crippen LogP contribution >= 0.6 is 0 Å². The van der Waals surface area contributed by atoms with Gasteiger partial charge in [-0.1, -0.05) is 36.4 Å². The number of fused-ring (bicyclic) bond motifs is 1. The van der Waals surface area contributed by atoms with Gasteiger partial charge >= 0.3 is 0 Å². The molecule has 0 aromatic heterocycles. The second kappa shape index (κ2) is 7.81. The number of benzene rings is 2. The lowest BCUT2D eigenvalue weighted by atomic mass is 10.0. The van der Waals surface area contributed by atoms with Crippen LogP contribution in [0.15, 0.2) is 48.5 Å². The van der Waals surface area contributed by atoms with Crippen LogP contribution in [0.25, 0.3) is 0 Å². The van der Waals surface area contributed by atoms with E-state index in [2.05, 4.69) is 24.3 Å². The molecule has 1 saturated heterocycles. The third-order valence-electron chi connectivity index (χ3n) is 5.20. The fourth-order valence-electron chi connectivity index (χ4n) is 3.84. The molecule has 1 atom stereocenters. The lowest BCUT2D eigenvalue weighted by molar-refractivity contribution is -0.132. The van der Waals surface area contributed by atoms with E-state index in [1.54, 1.807) is 0 Å². The summed E-state index contributed by atoms with van der Waals surface area (Å²) in [5.41, 5.74) is 2.37. The fourth-order valence-corrected chi connectivity index (χ4v) is 3.84. The quantitative estimate of drug-likeness (QED) is 0.831. The Kier molecular flexibility index (Phi) is 5.09. The highest BCUT2D eigenvalue weighted by atomic mass is 16.5. The Hall–Kier alpha value is -2.49. The number of carbonyl (C=O) groups is 1. The summed E-state index contributed by atoms with van der Waals surface area (Å²) >= 11 is 0. The molecule has 1 fully saturated rings. The molecule has 4 rings (SSSR count). The smallest absolute Gasteiger partial charge is 0.223 e. The number of aryl methyl sites for hydroxylation is 1. The first-order valence-electron chi connectivity index (χ1n) is 9.54. The Morgan fingerprint density at radius 1 is 1.00 bits per heavy atom. The number of ether oxygens (including phenoxy) is 2. The van der Waals surface area contributed by atoms with Gasteiger partial charge in [-0.15, -0.1) is 0 Å². The Morgan fingerprint density at radius 3 is 2.65 bits per heavy atom. The zero-order valence-corrected chi connectivity index (χ0v) is 15.0. The van der Waals surface area contributed by atoms with Gasteiger partial charge in [-0.3, -0.25) is 4.79 Å². The van der Waals surface area contributed by atoms with E-state index >= 15 is 0 Å². The molecule has 0 bridgehead atoms. The predicted molar refractivity (Wildman–Crippen MR) is 101 cm³/mol. The van der Waals surface area contributed by atoms with Crippen molar-refractivity contribution in [1.82, 2.24) is 4.90 Å². The molecule has 2 aliphatic heterocycles. The van der Waals surface area contributed by atoms with Gasteiger partial charge in [-0.25, -0.2) is 0 Å². The van der Waals surface area contributed by atoms with E-state index < -0.39 is 0 Å². The summed E-state index contributed by atoms with van der Waals surface area (Å²) < 4.78 is 11.5. The second-order valence-corrected chi connectivity index (χ2v) is 6.99. The number of amides is 1. The number of carbonyl (C=O) groups excluding carboxylic acids is 1. The van der Waals surface area contributed by atoms with E-state index in [9.17, 15) is 4.79 Å². The number of nitrogens with zero attached hydrogens (tertiary/aromatic N) is 1. The molecule has 2 heterocycles. The van der Waals surface area contributed by atoms with Crippen molar-refractivity contribution in [3.8, 4) is 11.5 Å². The van der Waals surface area contributed by atoms with Crippen molar-refractivity contribution in [3.05, 3.63) is 59.7 Å². The van der Waals surface area contributed by atoms with Crippen LogP contribution in [-0.2, 0) is 11.2 Å². The van der Waals surface area contributed by atoms with Gasteiger partial charge in [0.1, 0.15) is 0 Å². The van der Waals surface area contributed by atoms with Gasteiger partial charge < -0.3 is 14.4 Å². The topological polar surface area (TPSA) is 38.8 Å². The molecule has 136 valence electrons. The monoisotopic (exact) mass is 351 g/mol. The molecule has 0 radical (unpaired) electrons. The largest absolute Gasteiger partial charge is 0.490 e. The molecule has 0 saturated carbocycles. The van der Waals surface area contributed by atoms with Crippen molar-refractivity contribution in [1.29, 1.82) is 0 Å². The van der Waals surface area contributed by atoms with E-state index in [1.807, 2.05) is 29.2 Å². The summed E-state index contributed by atoms with van der Waals surface area (Å²) in [6.07, 6.45) is 4.32. The lowest BCUT2D eigenvalue weighted by Crippen LogP contribution is -2.30. The fraction of sp³-hybridized carbons (Fsp3) is 0.409. The van der Waals surface area contributed by atoms with Crippen LogP contribution in [0.3, 0.4) is 0 Å². The molecular formula is C22H25NO3. The number of likely N-dealkylation sites (tertiary alicyclic amines) is 1. The zero-order chi connectivity index (χ0) is 17.8. The van der Waals surface area contributed by atoms with Crippen LogP contribution in [0, 0.1) is 0 Å². The average molecular weight is 351 g/mol. The molecule has 0 spiro atoms. The summed E-state index contributed by atoms with van der Waals surface area (Å²) in [4.78, 5) is 14.9. The highest BCUT2D eigenvalue weighted by molar-refractivity contribution is 5.77. The first-order chi connectivity index (χ1) is 12.8. The van der Waals surface area contributed by atoms with E-state index in [-0.39, 0.29) is 11.9 Å². The molecule has 26 heavy (non-hydrogen) atoms. The Labute approximate surface area is 154 Å². The highest BCUT2D eigenvalue weighted by Crippen LogP contribution is 2.38. The highest BCUT2D eigenvalue weighted by Gasteiger charge is 2.30. The number of rotatable bonds is 4. The molecule has 1 amide bonds. The van der Waals surface area contributed by atoms with Gasteiger partial charge in [0, 0.05) is 19.4 Å². The van der Waals surface area contributed by atoms with Crippen LogP contribution in [0.5, 0.6) is 11.5 Å². The van der Waals surface area contributed by atoms with Gasteiger partial charge in [-0.2, -0.15) is 0 Å². The van der Waals surface area contributed by atoms with E-state index in [1.165, 1.54) is 5.56 Å². The minimum Gasteiger partial charge on any atom is -0.490 e. The SMILES string of the molecule is O=C(CCc1ccccc1)N1CCC[C@@H]1c1ccc2c(c1)OCCCO2. The molecule has 0 aliphatic carbocycles. The summed E-state index contributed by atoms with van der Waals surface area (Å²) in [5, 5.41) is 0. The molecule has 0 N–H and O–H groups in total. The van der Waals surface area contributed by atoms with Gasteiger partial charge in [-0.05, 0) is 42.5 Å². The maximum Gasteiger partial charge on any atom is 0.223 e. The first kappa shape index (κ1) is 17.0. The van der Waals surface area contributed by atoms with Crippen molar-refractivity contribution in [3.63, 3.8) is 0 Å². The average Bonchev–Trinajstić information content (AvgIpc) is 3.06. The van der Waals surface area contributed by atoms with Crippen LogP contribution in [0.2, 0.25) is 0 Å². The van der Waals surface area contributed by atoms with Crippen LogP contribution in [-0.4, -0.2) is 30.6 Å². The Morgan fingerprint density at radius 2 is 1.81 bits per heavy atom. The molecule has 2 aromatic carbocycles. The second-order valence-electron chi connectivity index (χ2n) is 6.99. The summed E-state index contributed by atoms with van der Waals surface area (Å²) in [7, 11) is 0. The molecular weight excluding hydrogens is 326 g/mol. The normalized spacial score (nSPS) is 19.2. The van der Waals surface area contributed by atoms with Gasteiger partial charge in [0.15, 0.2) is 11.5 Å². The van der Waals surface area contributed by atoms with Crippen LogP contribution < -0.4 is 9.47 Å². The standard InChI is InChI=1S/C22H25NO3/c24-22(12-9-17-6-2-1-3-7-17)23-13-4-8-19(23)18-10-11-20-21(16-18)26-15-5-14-25-20/h1-3,6-7,10-11,16,19H,4-5,8-9,12-15H2/t19-/m1/s1. The van der Waals surface area contributed by atoms with Crippen molar-refractivity contribution in [2.45, 2.75) is 38.1 Å². The van der Waals surface area contributed by atoms with E-state index in [4.69, 9.17) is 9.47 Å². The van der Waals surface area contributed by atoms with Crippen molar-refractivity contribution < 1.29 is 14.3 Å². The third kappa shape index (κ3) is 3.69.